The van der Waals surface area contributed by atoms with Gasteiger partial charge in [0.1, 0.15) is 5.75 Å². The molecule has 0 aliphatic carbocycles. The van der Waals surface area contributed by atoms with Gasteiger partial charge in [0.25, 0.3) is 11.5 Å². The predicted octanol–water partition coefficient (Wildman–Crippen LogP) is 1.08. The van der Waals surface area contributed by atoms with Crippen molar-refractivity contribution in [3.63, 3.8) is 0 Å². The molecule has 0 bridgehead atoms. The number of fused-ring (bicyclic) bond motifs is 1. The van der Waals surface area contributed by atoms with Crippen molar-refractivity contribution in [1.29, 1.82) is 0 Å². The first-order chi connectivity index (χ1) is 13.1. The number of rotatable bonds is 3. The molecule has 136 valence electrons. The van der Waals surface area contributed by atoms with Crippen LogP contribution in [0.25, 0.3) is 0 Å². The molecule has 0 saturated heterocycles. The van der Waals surface area contributed by atoms with Crippen LogP contribution in [0.15, 0.2) is 65.5 Å². The maximum atomic E-state index is 12.6. The summed E-state index contributed by atoms with van der Waals surface area (Å²) in [5, 5.41) is 6.47. The quantitative estimate of drug-likeness (QED) is 0.650. The maximum absolute atomic E-state index is 12.6. The molecule has 4 rings (SSSR count). The first kappa shape index (κ1) is 16.8. The number of hydrogen-bond acceptors (Lipinski definition) is 5. The highest BCUT2D eigenvalue weighted by Gasteiger charge is 2.28. The molecule has 1 atom stereocenters. The first-order valence-corrected chi connectivity index (χ1v) is 8.61. The van der Waals surface area contributed by atoms with Gasteiger partial charge in [-0.15, -0.1) is 0 Å². The maximum Gasteiger partial charge on any atom is 0.357 e. The minimum absolute atomic E-state index is 0.116. The van der Waals surface area contributed by atoms with E-state index >= 15 is 0 Å². The van der Waals surface area contributed by atoms with Crippen molar-refractivity contribution in [3.05, 3.63) is 82.3 Å². The SMILES string of the molecule is COc1ccc(NC2=[NH+][C@@H](c3ccccc3)n3c(nc(C)cc3=O)N2)cc1. The smallest absolute Gasteiger partial charge is 0.357 e. The van der Waals surface area contributed by atoms with Crippen LogP contribution in [0.4, 0.5) is 11.6 Å². The zero-order valence-electron chi connectivity index (χ0n) is 15.1. The van der Waals surface area contributed by atoms with Crippen LogP contribution in [0.1, 0.15) is 17.4 Å². The van der Waals surface area contributed by atoms with Crippen LogP contribution < -0.4 is 25.9 Å². The lowest BCUT2D eigenvalue weighted by Gasteiger charge is -2.23. The van der Waals surface area contributed by atoms with Crippen molar-refractivity contribution >= 4 is 17.6 Å². The Morgan fingerprint density at radius 2 is 1.89 bits per heavy atom. The highest BCUT2D eigenvalue weighted by molar-refractivity contribution is 5.99. The van der Waals surface area contributed by atoms with Crippen LogP contribution in [0.3, 0.4) is 0 Å². The lowest BCUT2D eigenvalue weighted by Crippen LogP contribution is -2.82. The fraction of sp³-hybridized carbons (Fsp3) is 0.150. The van der Waals surface area contributed by atoms with Crippen molar-refractivity contribution in [2.24, 2.45) is 0 Å². The van der Waals surface area contributed by atoms with E-state index in [0.717, 1.165) is 17.0 Å². The van der Waals surface area contributed by atoms with Crippen LogP contribution in [-0.4, -0.2) is 22.6 Å². The number of methoxy groups -OCH3 is 1. The van der Waals surface area contributed by atoms with E-state index in [4.69, 9.17) is 4.74 Å². The number of aromatic nitrogens is 2. The standard InChI is InChI=1S/C20H19N5O2/c1-13-12-17(26)25-18(14-6-4-3-5-7-14)23-19(24-20(25)21-13)22-15-8-10-16(27-2)11-9-15/h3-12,18H,1-2H3,(H2,21,22,23,24)/p+1/t18-/m1/s1. The zero-order valence-corrected chi connectivity index (χ0v) is 15.1. The summed E-state index contributed by atoms with van der Waals surface area (Å²) in [5.74, 6) is 1.92. The van der Waals surface area contributed by atoms with Crippen LogP contribution in [0.2, 0.25) is 0 Å². The van der Waals surface area contributed by atoms with Gasteiger partial charge >= 0.3 is 5.96 Å². The van der Waals surface area contributed by atoms with E-state index in [0.29, 0.717) is 17.6 Å². The van der Waals surface area contributed by atoms with Crippen LogP contribution in [0.5, 0.6) is 5.75 Å². The number of ether oxygens (including phenoxy) is 1. The Morgan fingerprint density at radius 3 is 2.59 bits per heavy atom. The molecule has 0 saturated carbocycles. The fourth-order valence-electron chi connectivity index (χ4n) is 3.05. The minimum atomic E-state index is -0.371. The summed E-state index contributed by atoms with van der Waals surface area (Å²) in [4.78, 5) is 20.5. The van der Waals surface area contributed by atoms with Crippen LogP contribution in [0, 0.1) is 6.92 Å². The van der Waals surface area contributed by atoms with Gasteiger partial charge in [-0.25, -0.2) is 20.2 Å². The Balaban J connectivity index is 1.74. The monoisotopic (exact) mass is 362 g/mol. The fourth-order valence-corrected chi connectivity index (χ4v) is 3.05. The second-order valence-electron chi connectivity index (χ2n) is 6.24. The third-order valence-corrected chi connectivity index (χ3v) is 4.33. The van der Waals surface area contributed by atoms with E-state index in [2.05, 4.69) is 20.6 Å². The number of aryl methyl sites for hydroxylation is 1. The van der Waals surface area contributed by atoms with Crippen molar-refractivity contribution < 1.29 is 9.73 Å². The summed E-state index contributed by atoms with van der Waals surface area (Å²) < 4.78 is 6.81. The van der Waals surface area contributed by atoms with E-state index in [1.807, 2.05) is 54.6 Å². The third-order valence-electron chi connectivity index (χ3n) is 4.33. The lowest BCUT2D eigenvalue weighted by atomic mass is 10.1. The van der Waals surface area contributed by atoms with Gasteiger partial charge in [-0.05, 0) is 31.2 Å². The van der Waals surface area contributed by atoms with Gasteiger partial charge in [-0.3, -0.25) is 9.79 Å². The summed E-state index contributed by atoms with van der Waals surface area (Å²) >= 11 is 0. The molecule has 1 aliphatic rings. The predicted molar refractivity (Wildman–Crippen MR) is 104 cm³/mol. The van der Waals surface area contributed by atoms with Gasteiger partial charge in [-0.1, -0.05) is 30.3 Å². The Hall–Kier alpha value is -3.61. The molecular weight excluding hydrogens is 342 g/mol. The highest BCUT2D eigenvalue weighted by Crippen LogP contribution is 2.18. The van der Waals surface area contributed by atoms with E-state index in [1.165, 1.54) is 6.07 Å². The zero-order chi connectivity index (χ0) is 18.8. The van der Waals surface area contributed by atoms with Crippen molar-refractivity contribution in [1.82, 2.24) is 9.55 Å². The van der Waals surface area contributed by atoms with Gasteiger partial charge in [0.05, 0.1) is 12.8 Å². The molecule has 2 heterocycles. The number of anilines is 2. The minimum Gasteiger partial charge on any atom is -0.497 e. The van der Waals surface area contributed by atoms with Crippen molar-refractivity contribution in [3.8, 4) is 5.75 Å². The second-order valence-corrected chi connectivity index (χ2v) is 6.24. The molecule has 0 spiro atoms. The summed E-state index contributed by atoms with van der Waals surface area (Å²) in [6.07, 6.45) is -0.371. The topological polar surface area (TPSA) is 82.2 Å². The summed E-state index contributed by atoms with van der Waals surface area (Å²) in [7, 11) is 1.63. The average Bonchev–Trinajstić information content (AvgIpc) is 2.68. The molecule has 3 N–H and O–H groups in total. The molecule has 7 heteroatoms. The molecule has 3 aromatic rings. The molecule has 1 aliphatic heterocycles. The molecule has 0 unspecified atom stereocenters. The second kappa shape index (κ2) is 6.95. The molecule has 27 heavy (non-hydrogen) atoms. The van der Waals surface area contributed by atoms with E-state index in [9.17, 15) is 4.79 Å². The van der Waals surface area contributed by atoms with Crippen molar-refractivity contribution in [2.45, 2.75) is 13.1 Å². The summed E-state index contributed by atoms with van der Waals surface area (Å²) in [5.41, 5.74) is 2.38. The molecule has 0 radical (unpaired) electrons. The Morgan fingerprint density at radius 1 is 1.15 bits per heavy atom. The number of nitrogens with zero attached hydrogens (tertiary/aromatic N) is 2. The molecule has 0 amide bonds. The number of guanidine groups is 1. The Labute approximate surface area is 156 Å². The summed E-state index contributed by atoms with van der Waals surface area (Å²) in [6, 6.07) is 18.9. The van der Waals surface area contributed by atoms with Crippen molar-refractivity contribution in [2.75, 3.05) is 17.7 Å². The van der Waals surface area contributed by atoms with Gasteiger partial charge in [-0.2, -0.15) is 0 Å². The molecule has 1 aromatic heterocycles. The van der Waals surface area contributed by atoms with E-state index in [1.54, 1.807) is 18.6 Å². The highest BCUT2D eigenvalue weighted by atomic mass is 16.5. The number of nitrogens with one attached hydrogen (secondary N) is 3. The summed E-state index contributed by atoms with van der Waals surface area (Å²) in [6.45, 7) is 1.81. The normalized spacial score (nSPS) is 15.3. The Kier molecular flexibility index (Phi) is 4.33. The third kappa shape index (κ3) is 3.39. The number of hydrogen-bond donors (Lipinski definition) is 3. The van der Waals surface area contributed by atoms with Gasteiger partial charge in [0.2, 0.25) is 0 Å². The largest absolute Gasteiger partial charge is 0.497 e. The molecule has 7 nitrogen and oxygen atoms in total. The molecule has 2 aromatic carbocycles. The first-order valence-electron chi connectivity index (χ1n) is 8.61. The van der Waals surface area contributed by atoms with E-state index < -0.39 is 0 Å². The van der Waals surface area contributed by atoms with Gasteiger partial charge in [0.15, 0.2) is 6.17 Å². The van der Waals surface area contributed by atoms with E-state index in [-0.39, 0.29) is 11.7 Å². The van der Waals surface area contributed by atoms with Gasteiger partial charge < -0.3 is 4.74 Å². The number of benzene rings is 2. The van der Waals surface area contributed by atoms with Crippen LogP contribution in [-0.2, 0) is 0 Å². The average molecular weight is 362 g/mol. The molecular formula is C20H20N5O2+. The lowest BCUT2D eigenvalue weighted by molar-refractivity contribution is -0.520. The van der Waals surface area contributed by atoms with Gasteiger partial charge in [0, 0.05) is 17.3 Å². The Bertz CT molecular complexity index is 1040. The van der Waals surface area contributed by atoms with Crippen LogP contribution >= 0.6 is 0 Å². The molecule has 0 fully saturated rings.